The number of nitrogens with zero attached hydrogens (tertiary/aromatic N) is 3. The zero-order chi connectivity index (χ0) is 11.9. The van der Waals surface area contributed by atoms with Gasteiger partial charge in [0, 0.05) is 10.1 Å². The predicted octanol–water partition coefficient (Wildman–Crippen LogP) is -0.797. The monoisotopic (exact) mass is 330 g/mol. The molecule has 0 radical (unpaired) electrons. The smallest absolute Gasteiger partial charge is 0.337 e. The van der Waals surface area contributed by atoms with Gasteiger partial charge in [-0.25, -0.2) is 14.3 Å². The molecule has 2 aromatic rings. The van der Waals surface area contributed by atoms with E-state index < -0.39 is 5.97 Å². The molecule has 0 spiro atoms. The summed E-state index contributed by atoms with van der Waals surface area (Å²) in [4.78, 5) is 15.0. The first-order valence-corrected chi connectivity index (χ1v) is 6.00. The normalized spacial score (nSPS) is 10.8. The summed E-state index contributed by atoms with van der Waals surface area (Å²) < 4.78 is 2.21. The predicted molar refractivity (Wildman–Crippen MR) is 70.3 cm³/mol. The first-order chi connectivity index (χ1) is 7.57. The maximum Gasteiger partial charge on any atom is 0.337 e. The van der Waals surface area contributed by atoms with Gasteiger partial charge in [-0.05, 0) is 0 Å². The number of hydrogen-bond acceptors (Lipinski definition) is 4. The second kappa shape index (κ2) is 3.93. The van der Waals surface area contributed by atoms with E-state index in [-0.39, 0.29) is 11.4 Å². The standard InChI is InChI=1S/C8H8BIN4O2/c9-5-3(1-10)14-6(4(5)8(15)16)7(11)12-2-13-14/h2H,1,9H2,(H,15,16)(H2,11,12,13). The van der Waals surface area contributed by atoms with Crippen molar-refractivity contribution in [3.63, 3.8) is 0 Å². The molecule has 0 aliphatic rings. The molecule has 0 amide bonds. The third-order valence-electron chi connectivity index (χ3n) is 2.46. The van der Waals surface area contributed by atoms with E-state index in [0.29, 0.717) is 15.4 Å². The lowest BCUT2D eigenvalue weighted by Crippen LogP contribution is -2.15. The van der Waals surface area contributed by atoms with Gasteiger partial charge in [0.1, 0.15) is 19.7 Å². The molecular formula is C8H8BIN4O2. The molecule has 16 heavy (non-hydrogen) atoms. The van der Waals surface area contributed by atoms with Gasteiger partial charge in [-0.2, -0.15) is 5.10 Å². The molecule has 2 rings (SSSR count). The van der Waals surface area contributed by atoms with Gasteiger partial charge in [0.05, 0.1) is 5.56 Å². The average Bonchev–Trinajstić information content (AvgIpc) is 2.51. The Morgan fingerprint density at radius 2 is 2.38 bits per heavy atom. The highest BCUT2D eigenvalue weighted by molar-refractivity contribution is 14.1. The second-order valence-corrected chi connectivity index (χ2v) is 4.05. The van der Waals surface area contributed by atoms with Crippen molar-refractivity contribution in [3.8, 4) is 0 Å². The minimum atomic E-state index is -1.01. The highest BCUT2D eigenvalue weighted by Gasteiger charge is 2.22. The van der Waals surface area contributed by atoms with Crippen molar-refractivity contribution in [1.82, 2.24) is 14.6 Å². The minimum absolute atomic E-state index is 0.185. The van der Waals surface area contributed by atoms with E-state index in [2.05, 4.69) is 32.7 Å². The highest BCUT2D eigenvalue weighted by Crippen LogP contribution is 2.19. The van der Waals surface area contributed by atoms with Crippen molar-refractivity contribution in [2.45, 2.75) is 4.43 Å². The Labute approximate surface area is 105 Å². The first-order valence-electron chi connectivity index (χ1n) is 4.47. The minimum Gasteiger partial charge on any atom is -0.478 e. The number of nitrogen functional groups attached to an aromatic ring is 1. The molecule has 0 bridgehead atoms. The number of rotatable bonds is 2. The van der Waals surface area contributed by atoms with Crippen molar-refractivity contribution < 1.29 is 9.90 Å². The first kappa shape index (κ1) is 11.2. The van der Waals surface area contributed by atoms with Crippen LogP contribution in [0.3, 0.4) is 0 Å². The number of aromatic nitrogens is 3. The molecule has 6 nitrogen and oxygen atoms in total. The van der Waals surface area contributed by atoms with Crippen molar-refractivity contribution in [2.75, 3.05) is 5.73 Å². The summed E-state index contributed by atoms with van der Waals surface area (Å²) in [6, 6.07) is 0. The van der Waals surface area contributed by atoms with Crippen LogP contribution in [0.5, 0.6) is 0 Å². The van der Waals surface area contributed by atoms with E-state index in [1.165, 1.54) is 6.33 Å². The Morgan fingerprint density at radius 3 is 2.94 bits per heavy atom. The molecule has 0 unspecified atom stereocenters. The van der Waals surface area contributed by atoms with Gasteiger partial charge in [-0.1, -0.05) is 28.1 Å². The zero-order valence-electron chi connectivity index (χ0n) is 8.44. The largest absolute Gasteiger partial charge is 0.478 e. The molecule has 0 aromatic carbocycles. The number of aromatic carboxylic acids is 1. The number of nitrogens with two attached hydrogens (primary N) is 1. The second-order valence-electron chi connectivity index (χ2n) is 3.29. The third kappa shape index (κ3) is 1.44. The van der Waals surface area contributed by atoms with Crippen LogP contribution in [0.15, 0.2) is 6.33 Å². The van der Waals surface area contributed by atoms with E-state index >= 15 is 0 Å². The fourth-order valence-corrected chi connectivity index (χ4v) is 2.60. The molecule has 8 heteroatoms. The van der Waals surface area contributed by atoms with E-state index in [9.17, 15) is 9.90 Å². The van der Waals surface area contributed by atoms with Crippen LogP contribution in [0.4, 0.5) is 5.82 Å². The number of carboxylic acids is 1. The van der Waals surface area contributed by atoms with Crippen LogP contribution in [0.2, 0.25) is 0 Å². The van der Waals surface area contributed by atoms with Gasteiger partial charge in [-0.15, -0.1) is 0 Å². The molecule has 0 aliphatic carbocycles. The van der Waals surface area contributed by atoms with Crippen LogP contribution in [-0.2, 0) is 4.43 Å². The van der Waals surface area contributed by atoms with Crippen LogP contribution in [-0.4, -0.2) is 33.5 Å². The summed E-state index contributed by atoms with van der Waals surface area (Å²) in [5, 5.41) is 13.2. The molecule has 0 fully saturated rings. The summed E-state index contributed by atoms with van der Waals surface area (Å²) >= 11 is 2.16. The van der Waals surface area contributed by atoms with Crippen molar-refractivity contribution in [1.29, 1.82) is 0 Å². The molecule has 3 N–H and O–H groups in total. The molecule has 82 valence electrons. The quantitative estimate of drug-likeness (QED) is 0.427. The Kier molecular flexibility index (Phi) is 2.74. The Morgan fingerprint density at radius 1 is 1.69 bits per heavy atom. The number of alkyl halides is 1. The van der Waals surface area contributed by atoms with Crippen LogP contribution < -0.4 is 11.2 Å². The Balaban J connectivity index is 2.98. The van der Waals surface area contributed by atoms with Crippen LogP contribution in [0.1, 0.15) is 16.1 Å². The van der Waals surface area contributed by atoms with E-state index in [1.807, 2.05) is 0 Å². The van der Waals surface area contributed by atoms with Crippen LogP contribution in [0.25, 0.3) is 5.52 Å². The topological polar surface area (TPSA) is 93.5 Å². The van der Waals surface area contributed by atoms with Gasteiger partial charge in [-0.3, -0.25) is 0 Å². The fraction of sp³-hybridized carbons (Fsp3) is 0.125. The lowest BCUT2D eigenvalue weighted by atomic mass is 9.91. The summed E-state index contributed by atoms with van der Waals surface area (Å²) in [6.07, 6.45) is 1.32. The van der Waals surface area contributed by atoms with Gasteiger partial charge in [0.25, 0.3) is 0 Å². The molecule has 0 aliphatic heterocycles. The van der Waals surface area contributed by atoms with Crippen molar-refractivity contribution in [3.05, 3.63) is 17.6 Å². The number of carboxylic acid groups (broad SMARTS) is 1. The van der Waals surface area contributed by atoms with Gasteiger partial charge < -0.3 is 10.8 Å². The maximum absolute atomic E-state index is 11.2. The summed E-state index contributed by atoms with van der Waals surface area (Å²) in [6.45, 7) is 0. The van der Waals surface area contributed by atoms with E-state index in [1.54, 1.807) is 12.4 Å². The number of halogens is 1. The molecule has 0 saturated carbocycles. The Hall–Kier alpha value is -1.32. The Bertz CT molecular complexity index is 583. The maximum atomic E-state index is 11.2. The third-order valence-corrected chi connectivity index (χ3v) is 3.18. The lowest BCUT2D eigenvalue weighted by Gasteiger charge is -1.99. The summed E-state index contributed by atoms with van der Waals surface area (Å²) in [5.74, 6) is -0.820. The van der Waals surface area contributed by atoms with E-state index in [0.717, 1.165) is 5.69 Å². The number of carbonyl (C=O) groups is 1. The van der Waals surface area contributed by atoms with Crippen molar-refractivity contribution >= 4 is 53.2 Å². The average molecular weight is 330 g/mol. The van der Waals surface area contributed by atoms with Gasteiger partial charge in [0.15, 0.2) is 5.82 Å². The fourth-order valence-electron chi connectivity index (χ4n) is 1.70. The van der Waals surface area contributed by atoms with E-state index in [4.69, 9.17) is 5.73 Å². The van der Waals surface area contributed by atoms with Gasteiger partial charge >= 0.3 is 5.97 Å². The zero-order valence-corrected chi connectivity index (χ0v) is 10.6. The van der Waals surface area contributed by atoms with Crippen LogP contribution >= 0.6 is 22.6 Å². The van der Waals surface area contributed by atoms with Crippen LogP contribution in [0, 0.1) is 0 Å². The van der Waals surface area contributed by atoms with Gasteiger partial charge in [0.2, 0.25) is 0 Å². The lowest BCUT2D eigenvalue weighted by molar-refractivity contribution is 0.0700. The molecule has 0 atom stereocenters. The number of anilines is 1. The SMILES string of the molecule is Bc1c(C(=O)O)c2c(N)ncnn2c1CI. The highest BCUT2D eigenvalue weighted by atomic mass is 127. The number of fused-ring (bicyclic) bond motifs is 1. The molecule has 2 heterocycles. The van der Waals surface area contributed by atoms with Crippen molar-refractivity contribution in [2.24, 2.45) is 0 Å². The molecular weight excluding hydrogens is 322 g/mol. The summed E-state index contributed by atoms with van der Waals surface area (Å²) in [7, 11) is 1.76. The summed E-state index contributed by atoms with van der Waals surface area (Å²) in [5.41, 5.74) is 7.78. The molecule has 0 saturated heterocycles. The number of hydrogen-bond donors (Lipinski definition) is 2. The molecule has 2 aromatic heterocycles.